The smallest absolute Gasteiger partial charge is 0.360 e. The molecule has 1 aromatic carbocycles. The van der Waals surface area contributed by atoms with Gasteiger partial charge in [-0.3, -0.25) is 0 Å². The topological polar surface area (TPSA) is 57.0 Å². The first kappa shape index (κ1) is 14.1. The van der Waals surface area contributed by atoms with E-state index >= 15 is 0 Å². The van der Waals surface area contributed by atoms with Crippen molar-refractivity contribution >= 4 is 17.6 Å². The lowest BCUT2D eigenvalue weighted by molar-refractivity contribution is 0.0518. The Morgan fingerprint density at radius 2 is 2.29 bits per heavy atom. The molecule has 1 unspecified atom stereocenters. The summed E-state index contributed by atoms with van der Waals surface area (Å²) >= 11 is 5.96. The molecule has 110 valence electrons. The highest BCUT2D eigenvalue weighted by Gasteiger charge is 2.28. The number of alkyl halides is 1. The molecule has 1 atom stereocenters. The Hall–Kier alpha value is -1.88. The van der Waals surface area contributed by atoms with Crippen LogP contribution in [-0.2, 0) is 23.6 Å². The van der Waals surface area contributed by atoms with E-state index in [1.54, 1.807) is 11.6 Å². The average molecular weight is 306 g/mol. The highest BCUT2D eigenvalue weighted by Crippen LogP contribution is 2.36. The fourth-order valence-electron chi connectivity index (χ4n) is 2.70. The summed E-state index contributed by atoms with van der Waals surface area (Å²) in [5.74, 6) is 0.128. The summed E-state index contributed by atoms with van der Waals surface area (Å²) in [5, 5.41) is 7.99. The van der Waals surface area contributed by atoms with E-state index < -0.39 is 5.97 Å². The van der Waals surface area contributed by atoms with E-state index in [-0.39, 0.29) is 11.6 Å². The summed E-state index contributed by atoms with van der Waals surface area (Å²) < 4.78 is 6.69. The van der Waals surface area contributed by atoms with Gasteiger partial charge in [0.1, 0.15) is 0 Å². The number of halogens is 1. The van der Waals surface area contributed by atoms with Gasteiger partial charge >= 0.3 is 5.97 Å². The Kier molecular flexibility index (Phi) is 3.92. The second-order valence-electron chi connectivity index (χ2n) is 5.02. The number of hydrogen-bond acceptors (Lipinski definition) is 4. The zero-order valence-electron chi connectivity index (χ0n) is 11.8. The van der Waals surface area contributed by atoms with Gasteiger partial charge in [-0.05, 0) is 24.5 Å². The normalized spacial score (nSPS) is 16.2. The van der Waals surface area contributed by atoms with Crippen molar-refractivity contribution in [3.8, 4) is 0 Å². The van der Waals surface area contributed by atoms with Gasteiger partial charge in [-0.1, -0.05) is 29.5 Å². The summed E-state index contributed by atoms with van der Waals surface area (Å²) in [4.78, 5) is 11.8. The third-order valence-electron chi connectivity index (χ3n) is 3.79. The Morgan fingerprint density at radius 1 is 1.48 bits per heavy atom. The van der Waals surface area contributed by atoms with Crippen LogP contribution in [0, 0.1) is 0 Å². The third-order valence-corrected chi connectivity index (χ3v) is 4.04. The number of rotatable bonds is 5. The summed E-state index contributed by atoms with van der Waals surface area (Å²) in [6.45, 7) is 2.75. The maximum absolute atomic E-state index is 11.8. The van der Waals surface area contributed by atoms with Crippen LogP contribution in [-0.4, -0.2) is 27.6 Å². The van der Waals surface area contributed by atoms with E-state index in [4.69, 9.17) is 16.3 Å². The van der Waals surface area contributed by atoms with Crippen LogP contribution in [0.4, 0.5) is 0 Å². The number of benzene rings is 1. The van der Waals surface area contributed by atoms with E-state index in [0.717, 1.165) is 6.42 Å². The van der Waals surface area contributed by atoms with Crippen LogP contribution in [0.5, 0.6) is 0 Å². The Bertz CT molecular complexity index is 669. The first-order chi connectivity index (χ1) is 10.2. The number of aromatic nitrogens is 3. The summed E-state index contributed by atoms with van der Waals surface area (Å²) in [7, 11) is 0. The van der Waals surface area contributed by atoms with Crippen molar-refractivity contribution in [1.82, 2.24) is 15.0 Å². The molecule has 1 aromatic heterocycles. The predicted molar refractivity (Wildman–Crippen MR) is 78.4 cm³/mol. The van der Waals surface area contributed by atoms with Gasteiger partial charge in [0.2, 0.25) is 0 Å². The quantitative estimate of drug-likeness (QED) is 0.629. The fourth-order valence-corrected chi connectivity index (χ4v) is 2.97. The highest BCUT2D eigenvalue weighted by molar-refractivity contribution is 6.17. The van der Waals surface area contributed by atoms with Crippen LogP contribution in [0.15, 0.2) is 24.3 Å². The molecule has 0 saturated carbocycles. The van der Waals surface area contributed by atoms with Crippen molar-refractivity contribution < 1.29 is 9.53 Å². The lowest BCUT2D eigenvalue weighted by Gasteiger charge is -2.30. The van der Waals surface area contributed by atoms with Crippen molar-refractivity contribution in [1.29, 1.82) is 0 Å². The number of hydrogen-bond donors (Lipinski definition) is 0. The maximum atomic E-state index is 11.8. The predicted octanol–water partition coefficient (Wildman–Crippen LogP) is 2.53. The van der Waals surface area contributed by atoms with E-state index in [1.807, 2.05) is 12.1 Å². The summed E-state index contributed by atoms with van der Waals surface area (Å²) in [6, 6.07) is 8.36. The van der Waals surface area contributed by atoms with Gasteiger partial charge in [0.15, 0.2) is 5.69 Å². The molecule has 0 spiro atoms. The van der Waals surface area contributed by atoms with Crippen LogP contribution in [0.1, 0.15) is 40.2 Å². The molecule has 1 aliphatic rings. The van der Waals surface area contributed by atoms with Gasteiger partial charge in [-0.15, -0.1) is 16.7 Å². The lowest BCUT2D eigenvalue weighted by atomic mass is 9.77. The minimum absolute atomic E-state index is 0.190. The van der Waals surface area contributed by atoms with Crippen molar-refractivity contribution in [2.24, 2.45) is 0 Å². The van der Waals surface area contributed by atoms with E-state index in [1.165, 1.54) is 11.1 Å². The average Bonchev–Trinajstić information content (AvgIpc) is 2.88. The lowest BCUT2D eigenvalue weighted by Crippen LogP contribution is -2.23. The van der Waals surface area contributed by atoms with Gasteiger partial charge in [-0.25, -0.2) is 9.48 Å². The molecule has 3 rings (SSSR count). The Balaban J connectivity index is 1.80. The Labute approximate surface area is 127 Å². The van der Waals surface area contributed by atoms with Gasteiger partial charge in [-0.2, -0.15) is 0 Å². The molecule has 0 aliphatic heterocycles. The van der Waals surface area contributed by atoms with Crippen molar-refractivity contribution in [3.05, 3.63) is 46.8 Å². The number of carbonyl (C=O) groups excluding carboxylic acids is 1. The Morgan fingerprint density at radius 3 is 3.00 bits per heavy atom. The van der Waals surface area contributed by atoms with Crippen molar-refractivity contribution in [3.63, 3.8) is 0 Å². The third kappa shape index (κ3) is 2.53. The number of nitrogens with zero attached hydrogens (tertiary/aromatic N) is 3. The van der Waals surface area contributed by atoms with Gasteiger partial charge < -0.3 is 4.74 Å². The van der Waals surface area contributed by atoms with Crippen LogP contribution in [0.3, 0.4) is 0 Å². The zero-order valence-corrected chi connectivity index (χ0v) is 12.5. The number of carbonyl (C=O) groups is 1. The monoisotopic (exact) mass is 305 g/mol. The first-order valence-corrected chi connectivity index (χ1v) is 7.51. The van der Waals surface area contributed by atoms with E-state index in [0.29, 0.717) is 24.8 Å². The van der Waals surface area contributed by atoms with Gasteiger partial charge in [0.25, 0.3) is 0 Å². The second-order valence-corrected chi connectivity index (χ2v) is 5.29. The molecule has 0 fully saturated rings. The molecule has 0 bridgehead atoms. The number of esters is 1. The zero-order chi connectivity index (χ0) is 14.8. The van der Waals surface area contributed by atoms with Gasteiger partial charge in [0.05, 0.1) is 24.7 Å². The van der Waals surface area contributed by atoms with Crippen molar-refractivity contribution in [2.45, 2.75) is 31.7 Å². The number of ether oxygens (including phenoxy) is 1. The minimum Gasteiger partial charge on any atom is -0.461 e. The molecule has 2 aromatic rings. The summed E-state index contributed by atoms with van der Waals surface area (Å²) in [5.41, 5.74) is 3.56. The molecule has 1 heterocycles. The fraction of sp³-hybridized carbons (Fsp3) is 0.400. The molecule has 5 nitrogen and oxygen atoms in total. The minimum atomic E-state index is -0.464. The molecule has 6 heteroatoms. The van der Waals surface area contributed by atoms with Crippen LogP contribution < -0.4 is 0 Å². The molecule has 21 heavy (non-hydrogen) atoms. The number of fused-ring (bicyclic) bond motifs is 1. The standard InChI is InChI=1S/C15H16ClN3O2/c1-2-21-15(20)14-13(8-16)19(18-17-14)9-11-7-10-5-3-4-6-12(10)11/h3-6,11H,2,7-9H2,1H3. The summed E-state index contributed by atoms with van der Waals surface area (Å²) in [6.07, 6.45) is 1.02. The van der Waals surface area contributed by atoms with Crippen LogP contribution in [0.2, 0.25) is 0 Å². The molecule has 0 amide bonds. The molecule has 0 radical (unpaired) electrons. The molecule has 0 saturated heterocycles. The van der Waals surface area contributed by atoms with Crippen LogP contribution in [0.25, 0.3) is 0 Å². The van der Waals surface area contributed by atoms with Crippen molar-refractivity contribution in [2.75, 3.05) is 6.61 Å². The SMILES string of the molecule is CCOC(=O)c1nnn(CC2Cc3ccccc32)c1CCl. The molecular formula is C15H16ClN3O2. The molecule has 0 N–H and O–H groups in total. The van der Waals surface area contributed by atoms with Gasteiger partial charge in [0, 0.05) is 5.92 Å². The largest absolute Gasteiger partial charge is 0.461 e. The highest BCUT2D eigenvalue weighted by atomic mass is 35.5. The first-order valence-electron chi connectivity index (χ1n) is 6.97. The maximum Gasteiger partial charge on any atom is 0.360 e. The molecule has 1 aliphatic carbocycles. The van der Waals surface area contributed by atoms with E-state index in [9.17, 15) is 4.79 Å². The van der Waals surface area contributed by atoms with E-state index in [2.05, 4.69) is 22.4 Å². The second kappa shape index (κ2) is 5.85. The molecular weight excluding hydrogens is 290 g/mol. The van der Waals surface area contributed by atoms with Crippen LogP contribution >= 0.6 is 11.6 Å².